The number of benzene rings is 3. The van der Waals surface area contributed by atoms with Gasteiger partial charge < -0.3 is 23.5 Å². The van der Waals surface area contributed by atoms with Crippen molar-refractivity contribution in [2.75, 3.05) is 10.6 Å². The topological polar surface area (TPSA) is 139 Å². The SMILES string of the molecule is CC1(C)O[C@H]2[C@H](n3ccc4c(NC(=O)OCc5ccccc5)ncnc43)[C@H]3C[C@@]3(CCc3ccc4nc(NC(=O)OCc5ccccc5)ccc4c3)[C@H]2O1. The van der Waals surface area contributed by atoms with Crippen molar-refractivity contribution in [1.82, 2.24) is 19.5 Å². The van der Waals surface area contributed by atoms with Crippen LogP contribution >= 0.6 is 0 Å². The number of pyridine rings is 1. The molecule has 2 saturated carbocycles. The standard InChI is InChI=1S/C42H40N6O6/c1-41(2)53-35-34(48-20-18-30-37(43-25-44-38(30)48)47-40(50)52-24-28-11-7-4-8-12-28)31-22-42(31,36(35)54-41)19-17-26-13-15-32-29(21-26)14-16-33(45-32)46-39(49)51-23-27-9-5-3-6-10-27/h3-16,18,20-21,25,31,34-36H,17,19,22-24H2,1-2H3,(H,45,46,49)(H,43,44,47,50)/t31-,34-,35+,36+,42-/m1/s1. The van der Waals surface area contributed by atoms with E-state index in [1.165, 1.54) is 11.9 Å². The van der Waals surface area contributed by atoms with Crippen molar-refractivity contribution in [3.8, 4) is 0 Å². The number of carbonyl (C=O) groups excluding carboxylic acids is 2. The first kappa shape index (κ1) is 34.0. The van der Waals surface area contributed by atoms with E-state index in [0.29, 0.717) is 17.6 Å². The van der Waals surface area contributed by atoms with Crippen LogP contribution in [0, 0.1) is 11.3 Å². The molecule has 54 heavy (non-hydrogen) atoms. The number of aryl methyl sites for hydroxylation is 1. The maximum Gasteiger partial charge on any atom is 0.413 e. The average Bonchev–Trinajstić information content (AvgIpc) is 3.43. The second kappa shape index (κ2) is 13.5. The smallest absolute Gasteiger partial charge is 0.413 e. The third-order valence-corrected chi connectivity index (χ3v) is 11.0. The minimum Gasteiger partial charge on any atom is -0.444 e. The van der Waals surface area contributed by atoms with Crippen molar-refractivity contribution in [2.24, 2.45) is 11.3 Å². The highest BCUT2D eigenvalue weighted by atomic mass is 16.8. The van der Waals surface area contributed by atoms with E-state index >= 15 is 0 Å². The third-order valence-electron chi connectivity index (χ3n) is 11.0. The Kier molecular flexibility index (Phi) is 8.51. The summed E-state index contributed by atoms with van der Waals surface area (Å²) >= 11 is 0. The summed E-state index contributed by atoms with van der Waals surface area (Å²) in [7, 11) is 0. The lowest BCUT2D eigenvalue weighted by Crippen LogP contribution is -2.32. The molecule has 2 N–H and O–H groups in total. The van der Waals surface area contributed by atoms with Gasteiger partial charge >= 0.3 is 12.2 Å². The molecule has 4 heterocycles. The average molecular weight is 725 g/mol. The van der Waals surface area contributed by atoms with Crippen LogP contribution in [0.4, 0.5) is 21.2 Å². The minimum atomic E-state index is -0.713. The molecule has 0 bridgehead atoms. The number of fused-ring (bicyclic) bond motifs is 5. The van der Waals surface area contributed by atoms with Crippen molar-refractivity contribution in [3.63, 3.8) is 0 Å². The van der Waals surface area contributed by atoms with Crippen LogP contribution < -0.4 is 10.6 Å². The van der Waals surface area contributed by atoms with Crippen LogP contribution in [0.25, 0.3) is 21.9 Å². The van der Waals surface area contributed by atoms with Gasteiger partial charge in [-0.2, -0.15) is 0 Å². The van der Waals surface area contributed by atoms with Crippen molar-refractivity contribution >= 4 is 45.8 Å². The lowest BCUT2D eigenvalue weighted by Gasteiger charge is -2.24. The molecule has 274 valence electrons. The van der Waals surface area contributed by atoms with Gasteiger partial charge in [-0.25, -0.2) is 24.5 Å². The summed E-state index contributed by atoms with van der Waals surface area (Å²) in [6.07, 6.45) is 4.97. The van der Waals surface area contributed by atoms with Gasteiger partial charge in [0.15, 0.2) is 5.79 Å². The highest BCUT2D eigenvalue weighted by Gasteiger charge is 2.75. The lowest BCUT2D eigenvalue weighted by molar-refractivity contribution is -0.161. The molecule has 0 spiro atoms. The van der Waals surface area contributed by atoms with Crippen molar-refractivity contribution in [3.05, 3.63) is 126 Å². The molecule has 3 aromatic carbocycles. The van der Waals surface area contributed by atoms with Gasteiger partial charge in [-0.3, -0.25) is 10.6 Å². The van der Waals surface area contributed by atoms with Crippen LogP contribution in [0.15, 0.2) is 110 Å². The normalized spacial score (nSPS) is 23.4. The molecule has 2 aliphatic carbocycles. The number of aromatic nitrogens is 4. The number of hydrogen-bond donors (Lipinski definition) is 2. The highest BCUT2D eigenvalue weighted by molar-refractivity contribution is 5.95. The zero-order valence-electron chi connectivity index (χ0n) is 30.0. The number of hydrogen-bond acceptors (Lipinski definition) is 9. The maximum absolute atomic E-state index is 12.7. The van der Waals surface area contributed by atoms with Crippen molar-refractivity contribution < 1.29 is 28.5 Å². The zero-order valence-corrected chi connectivity index (χ0v) is 30.0. The molecule has 5 atom stereocenters. The number of amides is 2. The van der Waals surface area contributed by atoms with Gasteiger partial charge in [0.1, 0.15) is 42.9 Å². The van der Waals surface area contributed by atoms with E-state index in [2.05, 4.69) is 42.3 Å². The molecule has 12 heteroatoms. The number of carbonyl (C=O) groups is 2. The van der Waals surface area contributed by atoms with Crippen molar-refractivity contribution in [2.45, 2.75) is 70.4 Å². The number of rotatable bonds is 10. The largest absolute Gasteiger partial charge is 0.444 e. The van der Waals surface area contributed by atoms with Gasteiger partial charge in [0.05, 0.1) is 23.0 Å². The first-order valence-electron chi connectivity index (χ1n) is 18.3. The van der Waals surface area contributed by atoms with Gasteiger partial charge in [0.2, 0.25) is 0 Å². The Hall–Kier alpha value is -5.85. The quantitative estimate of drug-likeness (QED) is 0.143. The Bertz CT molecular complexity index is 2350. The van der Waals surface area contributed by atoms with Gasteiger partial charge in [-0.1, -0.05) is 66.7 Å². The maximum atomic E-state index is 12.7. The van der Waals surface area contributed by atoms with Crippen LogP contribution in [-0.2, 0) is 38.6 Å². The first-order chi connectivity index (χ1) is 26.2. The Balaban J connectivity index is 0.883. The Labute approximate surface area is 311 Å². The van der Waals surface area contributed by atoms with E-state index in [4.69, 9.17) is 18.9 Å². The van der Waals surface area contributed by atoms with Gasteiger partial charge in [-0.15, -0.1) is 0 Å². The summed E-state index contributed by atoms with van der Waals surface area (Å²) in [6, 6.07) is 31.1. The lowest BCUT2D eigenvalue weighted by atomic mass is 9.91. The van der Waals surface area contributed by atoms with Crippen LogP contribution in [0.1, 0.15) is 49.4 Å². The van der Waals surface area contributed by atoms with E-state index in [0.717, 1.165) is 52.3 Å². The van der Waals surface area contributed by atoms with Gasteiger partial charge in [0, 0.05) is 17.0 Å². The number of ether oxygens (including phenoxy) is 4. The van der Waals surface area contributed by atoms with E-state index in [9.17, 15) is 9.59 Å². The predicted octanol–water partition coefficient (Wildman–Crippen LogP) is 8.19. The van der Waals surface area contributed by atoms with Gasteiger partial charge in [-0.05, 0) is 86.1 Å². The minimum absolute atomic E-state index is 0.00756. The second-order valence-electron chi connectivity index (χ2n) is 14.8. The number of anilines is 2. The molecule has 6 aromatic rings. The van der Waals surface area contributed by atoms with E-state index in [1.54, 1.807) is 6.07 Å². The molecule has 1 saturated heterocycles. The number of nitrogens with zero attached hydrogens (tertiary/aromatic N) is 4. The fraction of sp³-hybridized carbons (Fsp3) is 0.310. The highest BCUT2D eigenvalue weighted by Crippen LogP contribution is 2.73. The van der Waals surface area contributed by atoms with Crippen molar-refractivity contribution in [1.29, 1.82) is 0 Å². The molecule has 2 amide bonds. The van der Waals surface area contributed by atoms with E-state index in [1.807, 2.05) is 98.9 Å². The molecule has 1 aliphatic heterocycles. The van der Waals surface area contributed by atoms with Gasteiger partial charge in [0.25, 0.3) is 0 Å². The molecular weight excluding hydrogens is 684 g/mol. The summed E-state index contributed by atoms with van der Waals surface area (Å²) in [5.74, 6) is 0.453. The zero-order chi connectivity index (χ0) is 36.9. The van der Waals surface area contributed by atoms with Crippen LogP contribution in [0.3, 0.4) is 0 Å². The summed E-state index contributed by atoms with van der Waals surface area (Å²) in [5.41, 5.74) is 4.49. The molecule has 9 rings (SSSR count). The summed E-state index contributed by atoms with van der Waals surface area (Å²) in [5, 5.41) is 7.27. The Morgan fingerprint density at radius 2 is 1.56 bits per heavy atom. The summed E-state index contributed by atoms with van der Waals surface area (Å²) < 4.78 is 26.3. The molecule has 12 nitrogen and oxygen atoms in total. The molecule has 0 radical (unpaired) electrons. The third kappa shape index (κ3) is 6.52. The molecular formula is C42H40N6O6. The van der Waals surface area contributed by atoms with Crippen LogP contribution in [-0.4, -0.2) is 49.7 Å². The fourth-order valence-corrected chi connectivity index (χ4v) is 8.44. The van der Waals surface area contributed by atoms with E-state index in [-0.39, 0.29) is 36.9 Å². The molecule has 0 unspecified atom stereocenters. The summed E-state index contributed by atoms with van der Waals surface area (Å²) in [6.45, 7) is 4.31. The fourth-order valence-electron chi connectivity index (χ4n) is 8.44. The second-order valence-corrected chi connectivity index (χ2v) is 14.8. The molecule has 3 aromatic heterocycles. The predicted molar refractivity (Wildman–Crippen MR) is 201 cm³/mol. The van der Waals surface area contributed by atoms with Crippen LogP contribution in [0.2, 0.25) is 0 Å². The van der Waals surface area contributed by atoms with E-state index < -0.39 is 18.0 Å². The van der Waals surface area contributed by atoms with Crippen LogP contribution in [0.5, 0.6) is 0 Å². The Morgan fingerprint density at radius 1 is 0.833 bits per heavy atom. The number of nitrogens with one attached hydrogen (secondary N) is 2. The summed E-state index contributed by atoms with van der Waals surface area (Å²) in [4.78, 5) is 38.8. The molecule has 3 fully saturated rings. The molecule has 3 aliphatic rings. The monoisotopic (exact) mass is 724 g/mol. The first-order valence-corrected chi connectivity index (χ1v) is 18.3. The Morgan fingerprint density at radius 3 is 2.30 bits per heavy atom.